The molecule has 0 saturated heterocycles. The predicted octanol–water partition coefficient (Wildman–Crippen LogP) is 4.10. The summed E-state index contributed by atoms with van der Waals surface area (Å²) in [6.45, 7) is 2.01. The molecule has 3 heterocycles. The highest BCUT2D eigenvalue weighted by Gasteiger charge is 2.56. The van der Waals surface area contributed by atoms with E-state index in [1.807, 2.05) is 37.3 Å². The summed E-state index contributed by atoms with van der Waals surface area (Å²) in [6, 6.07) is 13.9. The number of aliphatic hydroxyl groups is 1. The molecule has 1 aromatic heterocycles. The summed E-state index contributed by atoms with van der Waals surface area (Å²) < 4.78 is 20.5. The first-order valence-electron chi connectivity index (χ1n) is 10.6. The second-order valence-corrected chi connectivity index (χ2v) is 9.45. The molecule has 6 nitrogen and oxygen atoms in total. The van der Waals surface area contributed by atoms with Gasteiger partial charge >= 0.3 is 0 Å². The van der Waals surface area contributed by atoms with Gasteiger partial charge in [-0.05, 0) is 66.1 Å². The maximum atomic E-state index is 14.0. The number of halogens is 2. The summed E-state index contributed by atoms with van der Waals surface area (Å²) in [5.74, 6) is 0.435. The molecular weight excluding hydrogens is 443 g/mol. The number of fused-ring (bicyclic) bond motifs is 2. The lowest BCUT2D eigenvalue weighted by atomic mass is 9.74. The SMILES string of the molecule is CN1C(N)=NC2(CC(C)(Cc3ccncc3)Oc3ccc(-c4cc(F)cc(Cl)c4)cc32)C1O. The van der Waals surface area contributed by atoms with Crippen molar-refractivity contribution >= 4 is 17.6 Å². The first kappa shape index (κ1) is 21.7. The van der Waals surface area contributed by atoms with E-state index in [4.69, 9.17) is 27.1 Å². The lowest BCUT2D eigenvalue weighted by Crippen LogP contribution is -2.53. The van der Waals surface area contributed by atoms with E-state index in [1.54, 1.807) is 30.4 Å². The Bertz CT molecular complexity index is 1230. The van der Waals surface area contributed by atoms with Crippen molar-refractivity contribution in [2.24, 2.45) is 10.7 Å². The Morgan fingerprint density at radius 1 is 1.18 bits per heavy atom. The minimum absolute atomic E-state index is 0.251. The molecule has 33 heavy (non-hydrogen) atoms. The molecule has 2 aliphatic heterocycles. The standard InChI is InChI=1S/C25H24ClFN4O2/c1-24(13-15-5-7-29-8-6-15)14-25(22(32)31(2)23(28)30-25)20-11-16(3-4-21(20)33-24)17-9-18(26)12-19(27)10-17/h3-12,22,32H,13-14H2,1-2H3,(H2,28,30). The van der Waals surface area contributed by atoms with Gasteiger partial charge in [-0.3, -0.25) is 4.98 Å². The molecule has 3 unspecified atom stereocenters. The number of hydrogen-bond donors (Lipinski definition) is 2. The molecule has 5 rings (SSSR count). The largest absolute Gasteiger partial charge is 0.487 e. The van der Waals surface area contributed by atoms with Crippen molar-refractivity contribution < 1.29 is 14.2 Å². The van der Waals surface area contributed by atoms with E-state index >= 15 is 0 Å². The molecular formula is C25H24ClFN4O2. The van der Waals surface area contributed by atoms with Crippen LogP contribution in [0.4, 0.5) is 4.39 Å². The van der Waals surface area contributed by atoms with Crippen LogP contribution < -0.4 is 10.5 Å². The number of nitrogens with zero attached hydrogens (tertiary/aromatic N) is 3. The average Bonchev–Trinajstić information content (AvgIpc) is 2.97. The summed E-state index contributed by atoms with van der Waals surface area (Å²) in [4.78, 5) is 10.4. The fourth-order valence-electron chi connectivity index (χ4n) is 4.97. The van der Waals surface area contributed by atoms with Gasteiger partial charge in [0.1, 0.15) is 22.7 Å². The summed E-state index contributed by atoms with van der Waals surface area (Å²) in [6.07, 6.45) is 3.51. The van der Waals surface area contributed by atoms with Crippen molar-refractivity contribution in [1.29, 1.82) is 0 Å². The van der Waals surface area contributed by atoms with Crippen LogP contribution in [0.15, 0.2) is 65.9 Å². The Hall–Kier alpha value is -3.16. The van der Waals surface area contributed by atoms with Crippen LogP contribution >= 0.6 is 11.6 Å². The van der Waals surface area contributed by atoms with Crippen LogP contribution in [0.25, 0.3) is 11.1 Å². The Balaban J connectivity index is 1.64. The monoisotopic (exact) mass is 466 g/mol. The molecule has 0 saturated carbocycles. The Kier molecular flexibility index (Phi) is 5.06. The Labute approximate surface area is 196 Å². The summed E-state index contributed by atoms with van der Waals surface area (Å²) >= 11 is 6.09. The lowest BCUT2D eigenvalue weighted by Gasteiger charge is -2.46. The van der Waals surface area contributed by atoms with E-state index in [1.165, 1.54) is 12.1 Å². The maximum Gasteiger partial charge on any atom is 0.194 e. The minimum atomic E-state index is -1.04. The van der Waals surface area contributed by atoms with E-state index in [2.05, 4.69) is 4.98 Å². The van der Waals surface area contributed by atoms with Crippen LogP contribution in [0.1, 0.15) is 24.5 Å². The maximum absolute atomic E-state index is 14.0. The first-order chi connectivity index (χ1) is 15.7. The van der Waals surface area contributed by atoms with Crippen molar-refractivity contribution in [3.63, 3.8) is 0 Å². The fraction of sp³-hybridized carbons (Fsp3) is 0.280. The van der Waals surface area contributed by atoms with Crippen LogP contribution in [-0.4, -0.2) is 39.8 Å². The lowest BCUT2D eigenvalue weighted by molar-refractivity contribution is -0.0479. The van der Waals surface area contributed by atoms with Gasteiger partial charge in [0.15, 0.2) is 12.2 Å². The molecule has 0 fully saturated rings. The molecule has 0 aliphatic carbocycles. The molecule has 2 aliphatic rings. The second-order valence-electron chi connectivity index (χ2n) is 9.01. The topological polar surface area (TPSA) is 84.0 Å². The molecule has 0 radical (unpaired) electrons. The Morgan fingerprint density at radius 3 is 2.61 bits per heavy atom. The molecule has 8 heteroatoms. The normalized spacial score (nSPS) is 26.2. The van der Waals surface area contributed by atoms with Crippen molar-refractivity contribution in [3.8, 4) is 16.9 Å². The third kappa shape index (κ3) is 3.71. The smallest absolute Gasteiger partial charge is 0.194 e. The number of rotatable bonds is 3. The van der Waals surface area contributed by atoms with Gasteiger partial charge in [0.05, 0.1) is 0 Å². The van der Waals surface area contributed by atoms with Crippen LogP contribution in [0.2, 0.25) is 5.02 Å². The number of ether oxygens (including phenoxy) is 1. The molecule has 3 atom stereocenters. The molecule has 1 spiro atoms. The fourth-order valence-corrected chi connectivity index (χ4v) is 5.19. The van der Waals surface area contributed by atoms with Crippen LogP contribution in [0.5, 0.6) is 5.75 Å². The van der Waals surface area contributed by atoms with Gasteiger partial charge in [-0.15, -0.1) is 0 Å². The highest BCUT2D eigenvalue weighted by molar-refractivity contribution is 6.30. The quantitative estimate of drug-likeness (QED) is 0.607. The number of nitrogens with two attached hydrogens (primary N) is 1. The highest BCUT2D eigenvalue weighted by Crippen LogP contribution is 2.52. The van der Waals surface area contributed by atoms with E-state index in [0.717, 1.165) is 11.1 Å². The number of guanidine groups is 1. The van der Waals surface area contributed by atoms with Crippen LogP contribution in [0, 0.1) is 5.82 Å². The molecule has 170 valence electrons. The molecule has 2 aromatic carbocycles. The van der Waals surface area contributed by atoms with Gasteiger partial charge in [-0.25, -0.2) is 9.38 Å². The highest BCUT2D eigenvalue weighted by atomic mass is 35.5. The Morgan fingerprint density at radius 2 is 1.94 bits per heavy atom. The second kappa shape index (κ2) is 7.71. The molecule has 3 aromatic rings. The van der Waals surface area contributed by atoms with Gasteiger partial charge in [0.2, 0.25) is 0 Å². The third-order valence-corrected chi connectivity index (χ3v) is 6.66. The number of benzene rings is 2. The van der Waals surface area contributed by atoms with Crippen molar-refractivity contribution in [2.45, 2.75) is 37.1 Å². The van der Waals surface area contributed by atoms with Gasteiger partial charge in [0.25, 0.3) is 0 Å². The summed E-state index contributed by atoms with van der Waals surface area (Å²) in [5.41, 5.74) is 7.60. The van der Waals surface area contributed by atoms with Gasteiger partial charge in [-0.1, -0.05) is 17.7 Å². The number of hydrogen-bond acceptors (Lipinski definition) is 6. The number of aliphatic hydroxyl groups excluding tert-OH is 1. The number of aliphatic imine (C=N–C) groups is 1. The van der Waals surface area contributed by atoms with Crippen LogP contribution in [-0.2, 0) is 12.0 Å². The minimum Gasteiger partial charge on any atom is -0.487 e. The molecule has 3 N–H and O–H groups in total. The van der Waals surface area contributed by atoms with E-state index in [-0.39, 0.29) is 5.96 Å². The number of aromatic nitrogens is 1. The number of likely N-dealkylation sites (N-methyl/N-ethyl adjacent to an activating group) is 1. The molecule has 0 bridgehead atoms. The zero-order valence-electron chi connectivity index (χ0n) is 18.3. The zero-order valence-corrected chi connectivity index (χ0v) is 19.1. The van der Waals surface area contributed by atoms with E-state index < -0.39 is 23.2 Å². The van der Waals surface area contributed by atoms with Crippen molar-refractivity contribution in [3.05, 3.63) is 82.9 Å². The summed E-state index contributed by atoms with van der Waals surface area (Å²) in [7, 11) is 1.71. The van der Waals surface area contributed by atoms with E-state index in [0.29, 0.717) is 34.7 Å². The molecule has 0 amide bonds. The average molecular weight is 467 g/mol. The van der Waals surface area contributed by atoms with Crippen molar-refractivity contribution in [1.82, 2.24) is 9.88 Å². The summed E-state index contributed by atoms with van der Waals surface area (Å²) in [5, 5.41) is 11.6. The number of pyridine rings is 1. The van der Waals surface area contributed by atoms with Gasteiger partial charge < -0.3 is 20.5 Å². The first-order valence-corrected chi connectivity index (χ1v) is 11.0. The predicted molar refractivity (Wildman–Crippen MR) is 126 cm³/mol. The third-order valence-electron chi connectivity index (χ3n) is 6.44. The van der Waals surface area contributed by atoms with E-state index in [9.17, 15) is 9.50 Å². The van der Waals surface area contributed by atoms with Crippen molar-refractivity contribution in [2.75, 3.05) is 7.05 Å². The zero-order chi connectivity index (χ0) is 23.4. The van der Waals surface area contributed by atoms with Gasteiger partial charge in [-0.2, -0.15) is 0 Å². The van der Waals surface area contributed by atoms with Crippen LogP contribution in [0.3, 0.4) is 0 Å². The van der Waals surface area contributed by atoms with Gasteiger partial charge in [0, 0.05) is 42.9 Å².